The van der Waals surface area contributed by atoms with Gasteiger partial charge in [0.1, 0.15) is 0 Å². The highest BCUT2D eigenvalue weighted by Crippen LogP contribution is 2.20. The molecule has 0 saturated carbocycles. The molecule has 0 bridgehead atoms. The van der Waals surface area contributed by atoms with Crippen molar-refractivity contribution in [3.63, 3.8) is 0 Å². The van der Waals surface area contributed by atoms with Gasteiger partial charge >= 0.3 is 0 Å². The first-order valence-corrected chi connectivity index (χ1v) is 4.80. The number of hydrogen-bond acceptors (Lipinski definition) is 4. The van der Waals surface area contributed by atoms with E-state index >= 15 is 0 Å². The molecule has 1 unspecified atom stereocenters. The van der Waals surface area contributed by atoms with Gasteiger partial charge in [-0.3, -0.25) is 4.55 Å². The Hall–Kier alpha value is -0.170. The van der Waals surface area contributed by atoms with Crippen molar-refractivity contribution in [2.75, 3.05) is 13.1 Å². The summed E-state index contributed by atoms with van der Waals surface area (Å²) in [5.74, 6) is 0. The second kappa shape index (κ2) is 2.71. The Labute approximate surface area is 65.2 Å². The lowest BCUT2D eigenvalue weighted by Gasteiger charge is -2.28. The highest BCUT2D eigenvalue weighted by Gasteiger charge is 2.41. The van der Waals surface area contributed by atoms with Crippen molar-refractivity contribution in [1.82, 2.24) is 5.32 Å². The molecule has 0 spiro atoms. The molecule has 0 radical (unpaired) electrons. The highest BCUT2D eigenvalue weighted by atomic mass is 32.2. The van der Waals surface area contributed by atoms with Crippen LogP contribution in [0.5, 0.6) is 0 Å². The van der Waals surface area contributed by atoms with E-state index in [0.717, 1.165) is 0 Å². The minimum atomic E-state index is -4.33. The van der Waals surface area contributed by atoms with E-state index < -0.39 is 15.1 Å². The van der Waals surface area contributed by atoms with E-state index in [1.807, 2.05) is 0 Å². The predicted octanol–water partition coefficient (Wildman–Crippen LogP) is -1.05. The number of β-amino-alcohol motifs (C(OH)–C–C–N with tert-alkyl or cyclic N) is 1. The van der Waals surface area contributed by atoms with Gasteiger partial charge in [-0.1, -0.05) is 0 Å². The first kappa shape index (κ1) is 8.92. The Morgan fingerprint density at radius 2 is 2.09 bits per heavy atom. The molecule has 1 aliphatic rings. The molecule has 1 heterocycles. The molecule has 11 heavy (non-hydrogen) atoms. The van der Waals surface area contributed by atoms with E-state index in [0.29, 0.717) is 13.0 Å². The second-order valence-corrected chi connectivity index (χ2v) is 4.41. The van der Waals surface area contributed by atoms with Gasteiger partial charge in [-0.2, -0.15) is 8.42 Å². The molecule has 6 heteroatoms. The maximum Gasteiger partial charge on any atom is 0.296 e. The van der Waals surface area contributed by atoms with Crippen molar-refractivity contribution >= 4 is 10.1 Å². The van der Waals surface area contributed by atoms with E-state index in [9.17, 15) is 13.5 Å². The molecule has 1 atom stereocenters. The van der Waals surface area contributed by atoms with Gasteiger partial charge in [-0.15, -0.1) is 0 Å². The van der Waals surface area contributed by atoms with Gasteiger partial charge in [0.15, 0.2) is 0 Å². The van der Waals surface area contributed by atoms with E-state index in [4.69, 9.17) is 4.55 Å². The topological polar surface area (TPSA) is 86.6 Å². The minimum absolute atomic E-state index is 0.0914. The van der Waals surface area contributed by atoms with Gasteiger partial charge in [0.25, 0.3) is 10.1 Å². The lowest BCUT2D eigenvalue weighted by molar-refractivity contribution is 0.0857. The maximum absolute atomic E-state index is 10.6. The summed E-state index contributed by atoms with van der Waals surface area (Å²) in [5.41, 5.74) is 0. The molecule has 1 saturated heterocycles. The molecule has 3 N–H and O–H groups in total. The van der Waals surface area contributed by atoms with Gasteiger partial charge in [0.2, 0.25) is 4.93 Å². The number of nitrogens with one attached hydrogen (secondary N) is 1. The molecule has 0 aromatic rings. The standard InChI is InChI=1S/C5H11NO4S/c7-5(11(8,9)10)2-1-3-6-4-5/h6-7H,1-4H2,(H,8,9,10). The largest absolute Gasteiger partial charge is 0.371 e. The first-order chi connectivity index (χ1) is 4.96. The van der Waals surface area contributed by atoms with Crippen LogP contribution in [0.1, 0.15) is 12.8 Å². The molecular weight excluding hydrogens is 170 g/mol. The number of hydrogen-bond donors (Lipinski definition) is 3. The third-order valence-electron chi connectivity index (χ3n) is 1.80. The van der Waals surface area contributed by atoms with Crippen LogP contribution in [0.4, 0.5) is 0 Å². The fraction of sp³-hybridized carbons (Fsp3) is 1.00. The van der Waals surface area contributed by atoms with Gasteiger partial charge in [0.05, 0.1) is 0 Å². The summed E-state index contributed by atoms with van der Waals surface area (Å²) >= 11 is 0. The molecule has 1 fully saturated rings. The highest BCUT2D eigenvalue weighted by molar-refractivity contribution is 7.87. The van der Waals surface area contributed by atoms with Gasteiger partial charge < -0.3 is 10.4 Å². The van der Waals surface area contributed by atoms with E-state index in [1.54, 1.807) is 0 Å². The lowest BCUT2D eigenvalue weighted by atomic mass is 10.1. The smallest absolute Gasteiger partial charge is 0.296 e. The molecule has 1 rings (SSSR count). The van der Waals surface area contributed by atoms with Crippen molar-refractivity contribution in [3.05, 3.63) is 0 Å². The molecule has 5 nitrogen and oxygen atoms in total. The summed E-state index contributed by atoms with van der Waals surface area (Å²) in [5, 5.41) is 12.0. The lowest BCUT2D eigenvalue weighted by Crippen LogP contribution is -2.50. The van der Waals surface area contributed by atoms with Crippen molar-refractivity contribution < 1.29 is 18.1 Å². The van der Waals surface area contributed by atoms with Gasteiger partial charge in [0, 0.05) is 6.54 Å². The van der Waals surface area contributed by atoms with Gasteiger partial charge in [-0.05, 0) is 19.4 Å². The fourth-order valence-corrected chi connectivity index (χ4v) is 1.77. The molecule has 0 aliphatic carbocycles. The molecule has 0 aromatic carbocycles. The monoisotopic (exact) mass is 181 g/mol. The molecule has 0 amide bonds. The van der Waals surface area contributed by atoms with Crippen LogP contribution in [0.25, 0.3) is 0 Å². The van der Waals surface area contributed by atoms with Crippen molar-refractivity contribution in [3.8, 4) is 0 Å². The van der Waals surface area contributed by atoms with Gasteiger partial charge in [-0.25, -0.2) is 0 Å². The summed E-state index contributed by atoms with van der Waals surface area (Å²) < 4.78 is 29.7. The second-order valence-electron chi connectivity index (χ2n) is 2.70. The summed E-state index contributed by atoms with van der Waals surface area (Å²) in [7, 11) is -4.33. The van der Waals surface area contributed by atoms with Crippen LogP contribution in [0.2, 0.25) is 0 Å². The number of aliphatic hydroxyl groups is 1. The average Bonchev–Trinajstić information content (AvgIpc) is 1.87. The summed E-state index contributed by atoms with van der Waals surface area (Å²) in [4.78, 5) is -1.97. The normalized spacial score (nSPS) is 33.6. The zero-order chi connectivity index (χ0) is 8.54. The SMILES string of the molecule is O=S(=O)(O)C1(O)CCCNC1. The Kier molecular flexibility index (Phi) is 2.19. The molecule has 0 aromatic heterocycles. The van der Waals surface area contributed by atoms with E-state index in [2.05, 4.69) is 5.32 Å². The number of piperidine rings is 1. The molecule has 1 aliphatic heterocycles. The van der Waals surface area contributed by atoms with Crippen LogP contribution < -0.4 is 5.32 Å². The summed E-state index contributed by atoms with van der Waals surface area (Å²) in [6.07, 6.45) is 0.648. The minimum Gasteiger partial charge on any atom is -0.371 e. The Bertz CT molecular complexity index is 229. The van der Waals surface area contributed by atoms with Crippen molar-refractivity contribution in [2.24, 2.45) is 0 Å². The van der Waals surface area contributed by atoms with Crippen LogP contribution >= 0.6 is 0 Å². The Balaban J connectivity index is 2.81. The van der Waals surface area contributed by atoms with Crippen molar-refractivity contribution in [2.45, 2.75) is 17.8 Å². The predicted molar refractivity (Wildman–Crippen MR) is 38.6 cm³/mol. The summed E-state index contributed by atoms with van der Waals surface area (Å²) in [6.45, 7) is 0.587. The average molecular weight is 181 g/mol. The van der Waals surface area contributed by atoms with Crippen LogP contribution in [-0.4, -0.2) is 36.1 Å². The molecule has 66 valence electrons. The number of rotatable bonds is 1. The zero-order valence-electron chi connectivity index (χ0n) is 5.95. The van der Waals surface area contributed by atoms with Crippen LogP contribution in [-0.2, 0) is 10.1 Å². The fourth-order valence-electron chi connectivity index (χ4n) is 1.08. The third-order valence-corrected chi connectivity index (χ3v) is 3.11. The van der Waals surface area contributed by atoms with Crippen LogP contribution in [0.15, 0.2) is 0 Å². The summed E-state index contributed by atoms with van der Waals surface area (Å²) in [6, 6.07) is 0. The van der Waals surface area contributed by atoms with Crippen LogP contribution in [0.3, 0.4) is 0 Å². The quantitative estimate of drug-likeness (QED) is 0.449. The zero-order valence-corrected chi connectivity index (χ0v) is 6.76. The third kappa shape index (κ3) is 1.70. The molecular formula is C5H11NO4S. The maximum atomic E-state index is 10.6. The Morgan fingerprint density at radius 1 is 1.45 bits per heavy atom. The van der Waals surface area contributed by atoms with E-state index in [-0.39, 0.29) is 13.0 Å². The Morgan fingerprint density at radius 3 is 2.36 bits per heavy atom. The first-order valence-electron chi connectivity index (χ1n) is 3.36. The van der Waals surface area contributed by atoms with Crippen LogP contribution in [0, 0.1) is 0 Å². The van der Waals surface area contributed by atoms with E-state index in [1.165, 1.54) is 0 Å². The van der Waals surface area contributed by atoms with Crippen molar-refractivity contribution in [1.29, 1.82) is 0 Å².